The second kappa shape index (κ2) is 6.51. The van der Waals surface area contributed by atoms with Gasteiger partial charge in [0.2, 0.25) is 5.88 Å². The van der Waals surface area contributed by atoms with Crippen molar-refractivity contribution in [2.75, 3.05) is 0 Å². The van der Waals surface area contributed by atoms with Crippen molar-refractivity contribution in [1.82, 2.24) is 10.3 Å². The van der Waals surface area contributed by atoms with Crippen molar-refractivity contribution >= 4 is 6.09 Å². The minimum absolute atomic E-state index is 0.195. The molecular weight excluding hydrogens is 263 g/mol. The number of pyridine rings is 1. The maximum atomic E-state index is 12.7. The lowest BCUT2D eigenvalue weighted by molar-refractivity contribution is 0.194. The van der Waals surface area contributed by atoms with Gasteiger partial charge in [-0.05, 0) is 23.3 Å². The molecule has 1 amide bonds. The van der Waals surface area contributed by atoms with Gasteiger partial charge in [-0.2, -0.15) is 0 Å². The normalized spacial score (nSPS) is 10.1. The van der Waals surface area contributed by atoms with Crippen molar-refractivity contribution in [2.24, 2.45) is 0 Å². The molecular formula is C14H13FN2O3. The lowest BCUT2D eigenvalue weighted by atomic mass is 10.2. The average molecular weight is 276 g/mol. The third-order valence-electron chi connectivity index (χ3n) is 2.54. The van der Waals surface area contributed by atoms with Crippen molar-refractivity contribution < 1.29 is 19.0 Å². The summed E-state index contributed by atoms with van der Waals surface area (Å²) in [5.74, 6) is 0.135. The number of rotatable bonds is 5. The lowest BCUT2D eigenvalue weighted by Crippen LogP contribution is -2.19. The van der Waals surface area contributed by atoms with Crippen LogP contribution in [-0.2, 0) is 13.2 Å². The van der Waals surface area contributed by atoms with Crippen LogP contribution in [0.2, 0.25) is 0 Å². The van der Waals surface area contributed by atoms with Gasteiger partial charge in [-0.15, -0.1) is 0 Å². The van der Waals surface area contributed by atoms with Gasteiger partial charge in [0.05, 0.1) is 0 Å². The first-order chi connectivity index (χ1) is 9.63. The number of nitrogens with zero attached hydrogens (tertiary/aromatic N) is 1. The van der Waals surface area contributed by atoms with E-state index in [0.29, 0.717) is 12.5 Å². The highest BCUT2D eigenvalue weighted by atomic mass is 19.1. The van der Waals surface area contributed by atoms with Crippen molar-refractivity contribution in [3.05, 3.63) is 59.5 Å². The third-order valence-corrected chi connectivity index (χ3v) is 2.54. The number of amides is 1. The Morgan fingerprint density at radius 2 is 1.90 bits per heavy atom. The Morgan fingerprint density at radius 1 is 1.20 bits per heavy atom. The predicted molar refractivity (Wildman–Crippen MR) is 69.8 cm³/mol. The topological polar surface area (TPSA) is 71.5 Å². The number of carboxylic acid groups (broad SMARTS) is 1. The molecule has 2 N–H and O–H groups in total. The van der Waals surface area contributed by atoms with Crippen molar-refractivity contribution in [2.45, 2.75) is 13.2 Å². The Kier molecular flexibility index (Phi) is 4.49. The number of hydrogen-bond acceptors (Lipinski definition) is 3. The highest BCUT2D eigenvalue weighted by molar-refractivity contribution is 5.64. The van der Waals surface area contributed by atoms with Crippen LogP contribution in [0.25, 0.3) is 0 Å². The zero-order valence-electron chi connectivity index (χ0n) is 10.5. The Labute approximate surface area is 115 Å². The van der Waals surface area contributed by atoms with Crippen molar-refractivity contribution in [3.63, 3.8) is 0 Å². The van der Waals surface area contributed by atoms with Crippen LogP contribution in [0.5, 0.6) is 5.88 Å². The molecule has 1 aromatic heterocycles. The summed E-state index contributed by atoms with van der Waals surface area (Å²) in [7, 11) is 0. The van der Waals surface area contributed by atoms with Crippen LogP contribution < -0.4 is 10.1 Å². The monoisotopic (exact) mass is 276 g/mol. The van der Waals surface area contributed by atoms with Gasteiger partial charge < -0.3 is 15.2 Å². The minimum Gasteiger partial charge on any atom is -0.473 e. The maximum Gasteiger partial charge on any atom is 0.404 e. The van der Waals surface area contributed by atoms with E-state index in [1.54, 1.807) is 24.3 Å². The smallest absolute Gasteiger partial charge is 0.404 e. The zero-order valence-corrected chi connectivity index (χ0v) is 10.5. The zero-order chi connectivity index (χ0) is 14.4. The summed E-state index contributed by atoms with van der Waals surface area (Å²) in [5, 5.41) is 10.7. The van der Waals surface area contributed by atoms with Crippen molar-refractivity contribution in [3.8, 4) is 5.88 Å². The summed E-state index contributed by atoms with van der Waals surface area (Å²) < 4.78 is 18.2. The van der Waals surface area contributed by atoms with Crippen LogP contribution in [0.4, 0.5) is 9.18 Å². The largest absolute Gasteiger partial charge is 0.473 e. The molecule has 2 aromatic rings. The second-order valence-corrected chi connectivity index (χ2v) is 4.08. The Balaban J connectivity index is 1.87. The summed E-state index contributed by atoms with van der Waals surface area (Å²) in [6.07, 6.45) is 0.456. The molecule has 20 heavy (non-hydrogen) atoms. The fraction of sp³-hybridized carbons (Fsp3) is 0.143. The Bertz CT molecular complexity index is 570. The Hall–Kier alpha value is -2.63. The highest BCUT2D eigenvalue weighted by Crippen LogP contribution is 2.11. The highest BCUT2D eigenvalue weighted by Gasteiger charge is 2.00. The summed E-state index contributed by atoms with van der Waals surface area (Å²) >= 11 is 0. The molecule has 104 valence electrons. The fourth-order valence-corrected chi connectivity index (χ4v) is 1.52. The maximum absolute atomic E-state index is 12.7. The van der Waals surface area contributed by atoms with Gasteiger partial charge in [0, 0.05) is 18.8 Å². The van der Waals surface area contributed by atoms with Crippen molar-refractivity contribution in [1.29, 1.82) is 0 Å². The lowest BCUT2D eigenvalue weighted by Gasteiger charge is -2.06. The standard InChI is InChI=1S/C14H13FN2O3/c15-12-4-1-10(2-5-12)9-20-13-6-3-11(7-16-13)8-17-14(18)19/h1-7,17H,8-9H2,(H,18,19). The molecule has 0 aliphatic heterocycles. The predicted octanol–water partition coefficient (Wildman–Crippen LogP) is 2.57. The quantitative estimate of drug-likeness (QED) is 0.880. The first-order valence-corrected chi connectivity index (χ1v) is 5.92. The molecule has 0 saturated heterocycles. The number of hydrogen-bond donors (Lipinski definition) is 2. The van der Waals surface area contributed by atoms with Crippen LogP contribution in [0.3, 0.4) is 0 Å². The van der Waals surface area contributed by atoms with Crippen LogP contribution in [0.1, 0.15) is 11.1 Å². The second-order valence-electron chi connectivity index (χ2n) is 4.08. The minimum atomic E-state index is -1.08. The van der Waals surface area contributed by atoms with Crippen LogP contribution in [0, 0.1) is 5.82 Å². The first kappa shape index (κ1) is 13.8. The van der Waals surface area contributed by atoms with E-state index in [-0.39, 0.29) is 12.4 Å². The summed E-state index contributed by atoms with van der Waals surface area (Å²) in [4.78, 5) is 14.4. The average Bonchev–Trinajstić information content (AvgIpc) is 2.45. The molecule has 0 unspecified atom stereocenters. The number of carbonyl (C=O) groups is 1. The molecule has 1 aromatic carbocycles. The van der Waals surface area contributed by atoms with Crippen LogP contribution in [-0.4, -0.2) is 16.2 Å². The number of aromatic nitrogens is 1. The number of ether oxygens (including phenoxy) is 1. The van der Waals surface area contributed by atoms with Gasteiger partial charge in [-0.3, -0.25) is 0 Å². The Morgan fingerprint density at radius 3 is 2.50 bits per heavy atom. The van der Waals surface area contributed by atoms with Gasteiger partial charge in [0.25, 0.3) is 0 Å². The molecule has 0 aliphatic rings. The van der Waals surface area contributed by atoms with E-state index in [0.717, 1.165) is 11.1 Å². The number of nitrogens with one attached hydrogen (secondary N) is 1. The molecule has 0 fully saturated rings. The number of halogens is 1. The molecule has 0 aliphatic carbocycles. The van der Waals surface area contributed by atoms with E-state index in [1.165, 1.54) is 18.3 Å². The summed E-state index contributed by atoms with van der Waals surface area (Å²) in [6, 6.07) is 9.39. The van der Waals surface area contributed by atoms with E-state index in [4.69, 9.17) is 9.84 Å². The molecule has 0 spiro atoms. The molecule has 0 bridgehead atoms. The van der Waals surface area contributed by atoms with E-state index < -0.39 is 6.09 Å². The first-order valence-electron chi connectivity index (χ1n) is 5.92. The molecule has 2 rings (SSSR count). The van der Waals surface area contributed by atoms with Crippen LogP contribution in [0.15, 0.2) is 42.6 Å². The van der Waals surface area contributed by atoms with Gasteiger partial charge in [-0.1, -0.05) is 18.2 Å². The van der Waals surface area contributed by atoms with Gasteiger partial charge >= 0.3 is 6.09 Å². The number of benzene rings is 1. The SMILES string of the molecule is O=C(O)NCc1ccc(OCc2ccc(F)cc2)nc1. The molecule has 1 heterocycles. The van der Waals surface area contributed by atoms with Gasteiger partial charge in [0.1, 0.15) is 12.4 Å². The molecule has 5 nitrogen and oxygen atoms in total. The van der Waals surface area contributed by atoms with E-state index in [1.807, 2.05) is 0 Å². The van der Waals surface area contributed by atoms with Gasteiger partial charge in [0.15, 0.2) is 0 Å². The van der Waals surface area contributed by atoms with E-state index in [2.05, 4.69) is 10.3 Å². The molecule has 6 heteroatoms. The fourth-order valence-electron chi connectivity index (χ4n) is 1.52. The van der Waals surface area contributed by atoms with Gasteiger partial charge in [-0.25, -0.2) is 14.2 Å². The molecule has 0 atom stereocenters. The summed E-state index contributed by atoms with van der Waals surface area (Å²) in [6.45, 7) is 0.487. The molecule has 0 radical (unpaired) electrons. The third kappa shape index (κ3) is 4.24. The van der Waals surface area contributed by atoms with E-state index >= 15 is 0 Å². The molecule has 0 saturated carbocycles. The van der Waals surface area contributed by atoms with E-state index in [9.17, 15) is 9.18 Å². The van der Waals surface area contributed by atoms with Crippen LogP contribution >= 0.6 is 0 Å². The summed E-state index contributed by atoms with van der Waals surface area (Å²) in [5.41, 5.74) is 1.58.